The van der Waals surface area contributed by atoms with Gasteiger partial charge in [-0.05, 0) is 51.3 Å². The molecule has 0 aliphatic carbocycles. The average Bonchev–Trinajstić information content (AvgIpc) is 2.63. The van der Waals surface area contributed by atoms with Crippen LogP contribution in [0.4, 0.5) is 0 Å². The highest BCUT2D eigenvalue weighted by Crippen LogP contribution is 2.45. The van der Waals surface area contributed by atoms with E-state index < -0.39 is 0 Å². The van der Waals surface area contributed by atoms with Crippen LogP contribution < -0.4 is 4.74 Å². The van der Waals surface area contributed by atoms with Gasteiger partial charge in [-0.3, -0.25) is 0 Å². The summed E-state index contributed by atoms with van der Waals surface area (Å²) in [4.78, 5) is 0.325. The highest BCUT2D eigenvalue weighted by Gasteiger charge is 2.41. The highest BCUT2D eigenvalue weighted by molar-refractivity contribution is 9.09. The first kappa shape index (κ1) is 15.8. The number of hydrogen-bond acceptors (Lipinski definition) is 2. The lowest BCUT2D eigenvalue weighted by Gasteiger charge is -2.25. The third-order valence-corrected chi connectivity index (χ3v) is 5.37. The Morgan fingerprint density at radius 3 is 2.10 bits per heavy atom. The minimum absolute atomic E-state index is 0.213. The van der Waals surface area contributed by atoms with E-state index in [0.717, 1.165) is 5.75 Å². The summed E-state index contributed by atoms with van der Waals surface area (Å²) in [5, 5.41) is 0. The Labute approximate surface area is 131 Å². The van der Waals surface area contributed by atoms with E-state index in [9.17, 15) is 0 Å². The molecule has 112 valence electrons. The molecule has 1 fully saturated rings. The number of rotatable bonds is 4. The molecule has 1 heterocycles. The van der Waals surface area contributed by atoms with Gasteiger partial charge in [-0.2, -0.15) is 0 Å². The minimum Gasteiger partial charge on any atom is -0.491 e. The van der Waals surface area contributed by atoms with Crippen LogP contribution in [0.3, 0.4) is 0 Å². The maximum atomic E-state index is 5.95. The Hall–Kier alpha value is -0.540. The zero-order chi connectivity index (χ0) is 14.9. The Bertz CT molecular complexity index is 429. The van der Waals surface area contributed by atoms with Gasteiger partial charge in [-0.1, -0.05) is 35.0 Å². The normalized spacial score (nSPS) is 31.6. The van der Waals surface area contributed by atoms with Gasteiger partial charge in [0, 0.05) is 10.7 Å². The quantitative estimate of drug-likeness (QED) is 0.720. The molecule has 0 bridgehead atoms. The summed E-state index contributed by atoms with van der Waals surface area (Å²) in [6, 6.07) is 8.41. The lowest BCUT2D eigenvalue weighted by atomic mass is 9.84. The maximum absolute atomic E-state index is 5.95. The summed E-state index contributed by atoms with van der Waals surface area (Å²) in [6.45, 7) is 10.7. The maximum Gasteiger partial charge on any atom is 0.119 e. The van der Waals surface area contributed by atoms with Crippen LogP contribution in [-0.2, 0) is 4.74 Å². The van der Waals surface area contributed by atoms with Crippen LogP contribution in [-0.4, -0.2) is 18.3 Å². The van der Waals surface area contributed by atoms with E-state index in [-0.39, 0.29) is 12.2 Å². The van der Waals surface area contributed by atoms with Gasteiger partial charge in [0.1, 0.15) is 5.75 Å². The Morgan fingerprint density at radius 2 is 1.65 bits per heavy atom. The van der Waals surface area contributed by atoms with Gasteiger partial charge < -0.3 is 9.47 Å². The largest absolute Gasteiger partial charge is 0.491 e. The third kappa shape index (κ3) is 3.37. The first-order valence-electron chi connectivity index (χ1n) is 7.46. The Balaban J connectivity index is 2.11. The van der Waals surface area contributed by atoms with E-state index in [0.29, 0.717) is 22.8 Å². The number of hydrogen-bond donors (Lipinski definition) is 0. The second-order valence-electron chi connectivity index (χ2n) is 6.12. The fraction of sp³-hybridized carbons (Fsp3) is 0.647. The highest BCUT2D eigenvalue weighted by atomic mass is 79.9. The Kier molecular flexibility index (Phi) is 5.14. The van der Waals surface area contributed by atoms with Crippen molar-refractivity contribution >= 4 is 15.9 Å². The molecule has 0 N–H and O–H groups in total. The number of alkyl halides is 1. The molecule has 0 amide bonds. The van der Waals surface area contributed by atoms with Crippen LogP contribution in [0, 0.1) is 11.8 Å². The molecule has 0 aromatic heterocycles. The first-order chi connectivity index (χ1) is 9.40. The molecule has 5 unspecified atom stereocenters. The molecule has 20 heavy (non-hydrogen) atoms. The van der Waals surface area contributed by atoms with Crippen molar-refractivity contribution in [1.29, 1.82) is 0 Å². The van der Waals surface area contributed by atoms with Gasteiger partial charge in [-0.15, -0.1) is 0 Å². The van der Waals surface area contributed by atoms with E-state index >= 15 is 0 Å². The molecule has 2 nitrogen and oxygen atoms in total. The van der Waals surface area contributed by atoms with Crippen LogP contribution >= 0.6 is 15.9 Å². The monoisotopic (exact) mass is 340 g/mol. The summed E-state index contributed by atoms with van der Waals surface area (Å²) < 4.78 is 11.6. The third-order valence-electron chi connectivity index (χ3n) is 4.23. The van der Waals surface area contributed by atoms with Crippen molar-refractivity contribution < 1.29 is 9.47 Å². The zero-order valence-electron chi connectivity index (χ0n) is 13.0. The summed E-state index contributed by atoms with van der Waals surface area (Å²) in [7, 11) is 0. The van der Waals surface area contributed by atoms with Crippen molar-refractivity contribution in [2.75, 3.05) is 0 Å². The van der Waals surface area contributed by atoms with E-state index in [1.807, 2.05) is 13.8 Å². The molecule has 0 radical (unpaired) electrons. The second-order valence-corrected chi connectivity index (χ2v) is 7.11. The summed E-state index contributed by atoms with van der Waals surface area (Å²) in [6.07, 6.45) is 0.833. The van der Waals surface area contributed by atoms with E-state index in [2.05, 4.69) is 61.0 Å². The zero-order valence-corrected chi connectivity index (χ0v) is 14.6. The molecule has 1 aliphatic heterocycles. The van der Waals surface area contributed by atoms with Crippen molar-refractivity contribution in [2.24, 2.45) is 11.8 Å². The molecular formula is C17H25BrO2. The number of halogens is 1. The minimum atomic E-state index is 0.213. The average molecular weight is 341 g/mol. The van der Waals surface area contributed by atoms with Gasteiger partial charge in [0.2, 0.25) is 0 Å². The molecule has 0 spiro atoms. The second kappa shape index (κ2) is 6.48. The van der Waals surface area contributed by atoms with Crippen molar-refractivity contribution in [2.45, 2.75) is 57.8 Å². The van der Waals surface area contributed by atoms with Crippen molar-refractivity contribution in [1.82, 2.24) is 0 Å². The fourth-order valence-corrected chi connectivity index (χ4v) is 4.24. The standard InChI is InChI=1S/C17H25BrO2/c1-10(2)19-15-8-6-14(7-9-15)17(18)16-11(3)12(4)20-13(16)5/h6-13,16-17H,1-5H3. The lowest BCUT2D eigenvalue weighted by molar-refractivity contribution is 0.0511. The van der Waals surface area contributed by atoms with Crippen LogP contribution in [0.15, 0.2) is 24.3 Å². The van der Waals surface area contributed by atoms with Gasteiger partial charge in [0.15, 0.2) is 0 Å². The molecular weight excluding hydrogens is 316 g/mol. The molecule has 5 atom stereocenters. The van der Waals surface area contributed by atoms with Crippen LogP contribution in [0.5, 0.6) is 5.75 Å². The summed E-state index contributed by atoms with van der Waals surface area (Å²) in [5.41, 5.74) is 1.29. The molecule has 2 rings (SSSR count). The van der Waals surface area contributed by atoms with Crippen molar-refractivity contribution in [3.8, 4) is 5.75 Å². The summed E-state index contributed by atoms with van der Waals surface area (Å²) in [5.74, 6) is 1.99. The van der Waals surface area contributed by atoms with Crippen molar-refractivity contribution in [3.63, 3.8) is 0 Å². The van der Waals surface area contributed by atoms with Crippen LogP contribution in [0.2, 0.25) is 0 Å². The molecule has 1 saturated heterocycles. The predicted molar refractivity (Wildman–Crippen MR) is 86.5 cm³/mol. The number of ether oxygens (including phenoxy) is 2. The predicted octanol–water partition coefficient (Wildman–Crippen LogP) is 4.97. The number of benzene rings is 1. The van der Waals surface area contributed by atoms with Gasteiger partial charge in [-0.25, -0.2) is 0 Å². The SMILES string of the molecule is CC(C)Oc1ccc(C(Br)C2C(C)OC(C)C2C)cc1. The smallest absolute Gasteiger partial charge is 0.119 e. The van der Waals surface area contributed by atoms with Gasteiger partial charge >= 0.3 is 0 Å². The van der Waals surface area contributed by atoms with E-state index in [1.54, 1.807) is 0 Å². The molecule has 3 heteroatoms. The summed E-state index contributed by atoms with van der Waals surface area (Å²) >= 11 is 3.88. The topological polar surface area (TPSA) is 18.5 Å². The van der Waals surface area contributed by atoms with Gasteiger partial charge in [0.05, 0.1) is 18.3 Å². The Morgan fingerprint density at radius 1 is 1.05 bits per heavy atom. The molecule has 1 aromatic carbocycles. The van der Waals surface area contributed by atoms with Crippen LogP contribution in [0.1, 0.15) is 45.0 Å². The van der Waals surface area contributed by atoms with E-state index in [1.165, 1.54) is 5.56 Å². The molecule has 1 aromatic rings. The molecule has 1 aliphatic rings. The van der Waals surface area contributed by atoms with E-state index in [4.69, 9.17) is 9.47 Å². The molecule has 0 saturated carbocycles. The fourth-order valence-electron chi connectivity index (χ4n) is 3.02. The van der Waals surface area contributed by atoms with Gasteiger partial charge in [0.25, 0.3) is 0 Å². The lowest BCUT2D eigenvalue weighted by Crippen LogP contribution is -2.21. The van der Waals surface area contributed by atoms with Crippen molar-refractivity contribution in [3.05, 3.63) is 29.8 Å². The first-order valence-corrected chi connectivity index (χ1v) is 8.38. The van der Waals surface area contributed by atoms with Crippen LogP contribution in [0.25, 0.3) is 0 Å².